The fourth-order valence-corrected chi connectivity index (χ4v) is 1.82. The molecule has 0 radical (unpaired) electrons. The first kappa shape index (κ1) is 14.1. The average Bonchev–Trinajstić information content (AvgIpc) is 2.43. The van der Waals surface area contributed by atoms with Gasteiger partial charge >= 0.3 is 0 Å². The van der Waals surface area contributed by atoms with Crippen LogP contribution in [-0.2, 0) is 0 Å². The molecule has 5 heteroatoms. The van der Waals surface area contributed by atoms with Crippen molar-refractivity contribution in [2.75, 3.05) is 30.8 Å². The van der Waals surface area contributed by atoms with Crippen LogP contribution in [0.15, 0.2) is 42.5 Å². The number of nitrogens with zero attached hydrogens (tertiary/aromatic N) is 1. The lowest BCUT2D eigenvalue weighted by molar-refractivity contribution is 0.322. The molecule has 0 unspecified atom stereocenters. The Kier molecular flexibility index (Phi) is 4.40. The first-order valence-corrected chi connectivity index (χ1v) is 6.21. The molecule has 2 aromatic carbocycles. The number of nitrogens with two attached hydrogens (primary N) is 1. The molecule has 0 aliphatic rings. The maximum Gasteiger partial charge on any atom is 0.162 e. The highest BCUT2D eigenvalue weighted by Crippen LogP contribution is 2.21. The standard InChI is InChI=1S/C15H16F2N2O/c1-19(15-5-3-2-4-14(15)18)8-9-20-11-6-7-12(16)13(17)10-11/h2-7,10H,8-9,18H2,1H3. The number of para-hydroxylation sites is 2. The summed E-state index contributed by atoms with van der Waals surface area (Å²) in [5.74, 6) is -1.49. The van der Waals surface area contributed by atoms with Gasteiger partial charge in [0.25, 0.3) is 0 Å². The normalized spacial score (nSPS) is 10.3. The van der Waals surface area contributed by atoms with Crippen molar-refractivity contribution in [1.82, 2.24) is 0 Å². The van der Waals surface area contributed by atoms with E-state index >= 15 is 0 Å². The number of likely N-dealkylation sites (N-methyl/N-ethyl adjacent to an activating group) is 1. The number of benzene rings is 2. The van der Waals surface area contributed by atoms with Crippen molar-refractivity contribution < 1.29 is 13.5 Å². The van der Waals surface area contributed by atoms with Crippen LogP contribution in [0.2, 0.25) is 0 Å². The van der Waals surface area contributed by atoms with Crippen LogP contribution in [0, 0.1) is 11.6 Å². The molecule has 2 rings (SSSR count). The molecule has 0 aromatic heterocycles. The second-order valence-corrected chi connectivity index (χ2v) is 4.40. The third-order valence-electron chi connectivity index (χ3n) is 2.93. The highest BCUT2D eigenvalue weighted by molar-refractivity contribution is 5.66. The van der Waals surface area contributed by atoms with Gasteiger partial charge in [-0.15, -0.1) is 0 Å². The average molecular weight is 278 g/mol. The number of halogens is 2. The molecule has 0 bridgehead atoms. The number of anilines is 2. The molecule has 0 spiro atoms. The van der Waals surface area contributed by atoms with Crippen molar-refractivity contribution in [3.63, 3.8) is 0 Å². The fraction of sp³-hybridized carbons (Fsp3) is 0.200. The van der Waals surface area contributed by atoms with Crippen LogP contribution in [0.5, 0.6) is 5.75 Å². The van der Waals surface area contributed by atoms with Gasteiger partial charge < -0.3 is 15.4 Å². The molecule has 0 aliphatic heterocycles. The Labute approximate surface area is 116 Å². The summed E-state index contributed by atoms with van der Waals surface area (Å²) in [5, 5.41) is 0. The second kappa shape index (κ2) is 6.23. The van der Waals surface area contributed by atoms with E-state index in [9.17, 15) is 8.78 Å². The molecule has 0 aliphatic carbocycles. The third-order valence-corrected chi connectivity index (χ3v) is 2.93. The van der Waals surface area contributed by atoms with E-state index in [1.54, 1.807) is 0 Å². The van der Waals surface area contributed by atoms with Crippen LogP contribution in [0.4, 0.5) is 20.2 Å². The lowest BCUT2D eigenvalue weighted by Gasteiger charge is -2.21. The van der Waals surface area contributed by atoms with Crippen molar-refractivity contribution in [2.45, 2.75) is 0 Å². The number of nitrogen functional groups attached to an aromatic ring is 1. The van der Waals surface area contributed by atoms with Crippen molar-refractivity contribution in [1.29, 1.82) is 0 Å². The van der Waals surface area contributed by atoms with Gasteiger partial charge in [-0.25, -0.2) is 8.78 Å². The van der Waals surface area contributed by atoms with Crippen LogP contribution in [0.1, 0.15) is 0 Å². The van der Waals surface area contributed by atoms with Gasteiger partial charge in [-0.05, 0) is 24.3 Å². The van der Waals surface area contributed by atoms with Crippen LogP contribution >= 0.6 is 0 Å². The minimum Gasteiger partial charge on any atom is -0.492 e. The number of hydrogen-bond acceptors (Lipinski definition) is 3. The Hall–Kier alpha value is -2.30. The summed E-state index contributed by atoms with van der Waals surface area (Å²) in [6.07, 6.45) is 0. The SMILES string of the molecule is CN(CCOc1ccc(F)c(F)c1)c1ccccc1N. The number of rotatable bonds is 5. The molecule has 0 saturated heterocycles. The largest absolute Gasteiger partial charge is 0.492 e. The maximum absolute atomic E-state index is 13.0. The Morgan fingerprint density at radius 2 is 1.85 bits per heavy atom. The second-order valence-electron chi connectivity index (χ2n) is 4.40. The summed E-state index contributed by atoms with van der Waals surface area (Å²) in [6.45, 7) is 0.920. The van der Waals surface area contributed by atoms with Crippen LogP contribution in [-0.4, -0.2) is 20.2 Å². The summed E-state index contributed by atoms with van der Waals surface area (Å²) in [4.78, 5) is 1.94. The fourth-order valence-electron chi connectivity index (χ4n) is 1.82. The van der Waals surface area contributed by atoms with Crippen LogP contribution < -0.4 is 15.4 Å². The number of hydrogen-bond donors (Lipinski definition) is 1. The van der Waals surface area contributed by atoms with Gasteiger partial charge in [-0.3, -0.25) is 0 Å². The van der Waals surface area contributed by atoms with Gasteiger partial charge in [0.05, 0.1) is 17.9 Å². The van der Waals surface area contributed by atoms with E-state index in [4.69, 9.17) is 10.5 Å². The summed E-state index contributed by atoms with van der Waals surface area (Å²) >= 11 is 0. The molecule has 20 heavy (non-hydrogen) atoms. The van der Waals surface area contributed by atoms with E-state index in [2.05, 4.69) is 0 Å². The maximum atomic E-state index is 13.0. The minimum atomic E-state index is -0.914. The summed E-state index contributed by atoms with van der Waals surface area (Å²) in [6, 6.07) is 11.0. The minimum absolute atomic E-state index is 0.304. The molecule has 106 valence electrons. The Morgan fingerprint density at radius 3 is 2.55 bits per heavy atom. The van der Waals surface area contributed by atoms with Gasteiger partial charge in [-0.1, -0.05) is 12.1 Å². The Morgan fingerprint density at radius 1 is 1.10 bits per heavy atom. The van der Waals surface area contributed by atoms with Crippen molar-refractivity contribution >= 4 is 11.4 Å². The van der Waals surface area contributed by atoms with Crippen LogP contribution in [0.3, 0.4) is 0 Å². The zero-order chi connectivity index (χ0) is 14.5. The lowest BCUT2D eigenvalue weighted by atomic mass is 10.2. The molecule has 0 fully saturated rings. The highest BCUT2D eigenvalue weighted by atomic mass is 19.2. The smallest absolute Gasteiger partial charge is 0.162 e. The lowest BCUT2D eigenvalue weighted by Crippen LogP contribution is -2.24. The molecule has 0 saturated carbocycles. The molecule has 3 nitrogen and oxygen atoms in total. The molecule has 0 heterocycles. The van der Waals surface area contributed by atoms with Gasteiger partial charge in [0, 0.05) is 13.1 Å². The first-order chi connectivity index (χ1) is 9.58. The van der Waals surface area contributed by atoms with Gasteiger partial charge in [0.2, 0.25) is 0 Å². The summed E-state index contributed by atoms with van der Waals surface area (Å²) in [7, 11) is 1.89. The highest BCUT2D eigenvalue weighted by Gasteiger charge is 2.06. The van der Waals surface area contributed by atoms with E-state index in [1.807, 2.05) is 36.2 Å². The quantitative estimate of drug-likeness (QED) is 0.854. The Bertz CT molecular complexity index is 590. The summed E-state index contributed by atoms with van der Waals surface area (Å²) in [5.41, 5.74) is 7.45. The van der Waals surface area contributed by atoms with Crippen molar-refractivity contribution in [3.8, 4) is 5.75 Å². The third kappa shape index (κ3) is 3.38. The molecule has 0 atom stereocenters. The zero-order valence-electron chi connectivity index (χ0n) is 11.1. The molecule has 2 N–H and O–H groups in total. The molecule has 2 aromatic rings. The van der Waals surface area contributed by atoms with E-state index in [0.29, 0.717) is 24.6 Å². The van der Waals surface area contributed by atoms with E-state index in [0.717, 1.165) is 17.8 Å². The predicted octanol–water partition coefficient (Wildman–Crippen LogP) is 3.06. The van der Waals surface area contributed by atoms with E-state index in [1.165, 1.54) is 6.07 Å². The molecule has 0 amide bonds. The van der Waals surface area contributed by atoms with Crippen molar-refractivity contribution in [2.24, 2.45) is 0 Å². The first-order valence-electron chi connectivity index (χ1n) is 6.21. The Balaban J connectivity index is 1.89. The van der Waals surface area contributed by atoms with Crippen molar-refractivity contribution in [3.05, 3.63) is 54.1 Å². The predicted molar refractivity (Wildman–Crippen MR) is 76.0 cm³/mol. The van der Waals surface area contributed by atoms with Gasteiger partial charge in [0.1, 0.15) is 12.4 Å². The van der Waals surface area contributed by atoms with Gasteiger partial charge in [-0.2, -0.15) is 0 Å². The molecular weight excluding hydrogens is 262 g/mol. The topological polar surface area (TPSA) is 38.5 Å². The number of ether oxygens (including phenoxy) is 1. The van der Waals surface area contributed by atoms with Gasteiger partial charge in [0.15, 0.2) is 11.6 Å². The monoisotopic (exact) mass is 278 g/mol. The van der Waals surface area contributed by atoms with E-state index < -0.39 is 11.6 Å². The molecular formula is C15H16F2N2O. The van der Waals surface area contributed by atoms with E-state index in [-0.39, 0.29) is 0 Å². The van der Waals surface area contributed by atoms with Crippen LogP contribution in [0.25, 0.3) is 0 Å². The summed E-state index contributed by atoms with van der Waals surface area (Å²) < 4.78 is 31.1. The zero-order valence-corrected chi connectivity index (χ0v) is 11.1.